The van der Waals surface area contributed by atoms with Crippen molar-refractivity contribution in [3.05, 3.63) is 24.3 Å². The smallest absolute Gasteiger partial charge is 0.238 e. The van der Waals surface area contributed by atoms with Crippen LogP contribution in [0, 0.1) is 0 Å². The third-order valence-corrected chi connectivity index (χ3v) is 3.05. The third-order valence-electron chi connectivity index (χ3n) is 2.84. The van der Waals surface area contributed by atoms with E-state index >= 15 is 0 Å². The number of thiocarbonyl (C=S) groups is 1. The minimum atomic E-state index is -0.0666. The first-order valence-corrected chi connectivity index (χ1v) is 6.90. The number of amides is 1. The molecule has 1 aromatic rings. The fourth-order valence-electron chi connectivity index (χ4n) is 1.72. The van der Waals surface area contributed by atoms with Crippen LogP contribution in [0.1, 0.15) is 13.3 Å². The number of nitrogens with two attached hydrogens (primary N) is 1. The van der Waals surface area contributed by atoms with Crippen molar-refractivity contribution in [1.29, 1.82) is 0 Å². The molecule has 0 aliphatic carbocycles. The van der Waals surface area contributed by atoms with Crippen LogP contribution in [-0.4, -0.2) is 42.5 Å². The van der Waals surface area contributed by atoms with Crippen molar-refractivity contribution in [3.63, 3.8) is 0 Å². The molecular formula is C14H21N3O2S. The average molecular weight is 295 g/mol. The van der Waals surface area contributed by atoms with Crippen LogP contribution in [0.4, 0.5) is 5.69 Å². The van der Waals surface area contributed by atoms with E-state index < -0.39 is 0 Å². The minimum absolute atomic E-state index is 0.0666. The maximum atomic E-state index is 12.0. The van der Waals surface area contributed by atoms with E-state index in [1.54, 1.807) is 13.2 Å². The van der Waals surface area contributed by atoms with Gasteiger partial charge in [-0.15, -0.1) is 0 Å². The first kappa shape index (κ1) is 16.4. The molecule has 0 atom stereocenters. The number of methoxy groups -OCH3 is 1. The number of carbonyl (C=O) groups is 1. The summed E-state index contributed by atoms with van der Waals surface area (Å²) >= 11 is 4.84. The van der Waals surface area contributed by atoms with Crippen LogP contribution >= 0.6 is 12.2 Å². The normalized spacial score (nSPS) is 10.3. The lowest BCUT2D eigenvalue weighted by atomic mass is 10.3. The maximum Gasteiger partial charge on any atom is 0.238 e. The van der Waals surface area contributed by atoms with Crippen molar-refractivity contribution < 1.29 is 9.53 Å². The molecule has 0 unspecified atom stereocenters. The molecule has 0 saturated heterocycles. The number of nitrogens with one attached hydrogen (secondary N) is 1. The molecule has 0 radical (unpaired) electrons. The molecule has 0 bridgehead atoms. The highest BCUT2D eigenvalue weighted by Gasteiger charge is 2.09. The van der Waals surface area contributed by atoms with Crippen LogP contribution in [0.15, 0.2) is 24.3 Å². The second-order valence-corrected chi connectivity index (χ2v) is 4.89. The predicted molar refractivity (Wildman–Crippen MR) is 85.1 cm³/mol. The molecule has 0 heterocycles. The van der Waals surface area contributed by atoms with Crippen LogP contribution in [0.2, 0.25) is 0 Å². The van der Waals surface area contributed by atoms with Crippen molar-refractivity contribution >= 4 is 28.8 Å². The molecule has 110 valence electrons. The lowest BCUT2D eigenvalue weighted by Gasteiger charge is -2.19. The summed E-state index contributed by atoms with van der Waals surface area (Å²) in [7, 11) is 1.59. The van der Waals surface area contributed by atoms with Gasteiger partial charge in [-0.25, -0.2) is 0 Å². The highest BCUT2D eigenvalue weighted by molar-refractivity contribution is 7.80. The van der Waals surface area contributed by atoms with Crippen LogP contribution < -0.4 is 15.8 Å². The summed E-state index contributed by atoms with van der Waals surface area (Å²) in [6, 6.07) is 7.27. The number of anilines is 1. The summed E-state index contributed by atoms with van der Waals surface area (Å²) in [6.07, 6.45) is 0.621. The fraction of sp³-hybridized carbons (Fsp3) is 0.429. The summed E-state index contributed by atoms with van der Waals surface area (Å²) in [5.74, 6) is 0.645. The van der Waals surface area contributed by atoms with E-state index in [-0.39, 0.29) is 5.91 Å². The zero-order valence-corrected chi connectivity index (χ0v) is 12.7. The molecule has 0 aromatic heterocycles. The summed E-state index contributed by atoms with van der Waals surface area (Å²) < 4.78 is 5.11. The Hall–Kier alpha value is -1.66. The molecule has 0 saturated carbocycles. The molecule has 0 aliphatic heterocycles. The van der Waals surface area contributed by atoms with Crippen LogP contribution in [0.5, 0.6) is 5.75 Å². The fourth-order valence-corrected chi connectivity index (χ4v) is 1.81. The first-order valence-electron chi connectivity index (χ1n) is 6.49. The van der Waals surface area contributed by atoms with Gasteiger partial charge in [-0.3, -0.25) is 9.69 Å². The van der Waals surface area contributed by atoms with Crippen LogP contribution in [-0.2, 0) is 4.79 Å². The quantitative estimate of drug-likeness (QED) is 0.714. The van der Waals surface area contributed by atoms with Gasteiger partial charge in [0, 0.05) is 24.7 Å². The van der Waals surface area contributed by atoms with Crippen molar-refractivity contribution in [3.8, 4) is 5.75 Å². The monoisotopic (exact) mass is 295 g/mol. The SMILES string of the molecule is CCN(CCC(N)=S)CC(=O)Nc1cccc(OC)c1. The third kappa shape index (κ3) is 5.99. The van der Waals surface area contributed by atoms with Crippen LogP contribution in [0.3, 0.4) is 0 Å². The summed E-state index contributed by atoms with van der Waals surface area (Å²) in [5, 5.41) is 2.84. The number of ether oxygens (including phenoxy) is 1. The highest BCUT2D eigenvalue weighted by atomic mass is 32.1. The Bertz CT molecular complexity index is 465. The maximum absolute atomic E-state index is 12.0. The second kappa shape index (κ2) is 8.50. The Labute approximate surface area is 125 Å². The van der Waals surface area contributed by atoms with Crippen LogP contribution in [0.25, 0.3) is 0 Å². The van der Waals surface area contributed by atoms with Gasteiger partial charge in [0.05, 0.1) is 18.6 Å². The first-order chi connectivity index (χ1) is 9.55. The van der Waals surface area contributed by atoms with Gasteiger partial charge in [0.15, 0.2) is 0 Å². The highest BCUT2D eigenvalue weighted by Crippen LogP contribution is 2.16. The van der Waals surface area contributed by atoms with Gasteiger partial charge >= 0.3 is 0 Å². The lowest BCUT2D eigenvalue weighted by molar-refractivity contribution is -0.117. The zero-order chi connectivity index (χ0) is 15.0. The molecule has 1 amide bonds. The standard InChI is InChI=1S/C14H21N3O2S/c1-3-17(8-7-13(15)20)10-14(18)16-11-5-4-6-12(9-11)19-2/h4-6,9H,3,7-8,10H2,1-2H3,(H2,15,20)(H,16,18). The molecule has 20 heavy (non-hydrogen) atoms. The molecule has 0 aliphatic rings. The molecule has 5 nitrogen and oxygen atoms in total. The molecule has 1 aromatic carbocycles. The zero-order valence-electron chi connectivity index (χ0n) is 11.9. The summed E-state index contributed by atoms with van der Waals surface area (Å²) in [4.78, 5) is 14.4. The molecule has 0 fully saturated rings. The van der Waals surface area contributed by atoms with Crippen molar-refractivity contribution in [2.75, 3.05) is 32.1 Å². The van der Waals surface area contributed by atoms with Gasteiger partial charge in [-0.1, -0.05) is 25.2 Å². The number of carbonyl (C=O) groups excluding carboxylic acids is 1. The number of nitrogens with zero attached hydrogens (tertiary/aromatic N) is 1. The Kier molecular flexibility index (Phi) is 6.97. The van der Waals surface area contributed by atoms with E-state index in [9.17, 15) is 4.79 Å². The van der Waals surface area contributed by atoms with E-state index in [4.69, 9.17) is 22.7 Å². The van der Waals surface area contributed by atoms with Gasteiger partial charge in [-0.2, -0.15) is 0 Å². The van der Waals surface area contributed by atoms with Gasteiger partial charge in [-0.05, 0) is 18.7 Å². The van der Waals surface area contributed by atoms with Gasteiger partial charge in [0.1, 0.15) is 5.75 Å². The lowest BCUT2D eigenvalue weighted by Crippen LogP contribution is -2.35. The number of rotatable bonds is 8. The van der Waals surface area contributed by atoms with E-state index in [1.807, 2.05) is 30.0 Å². The summed E-state index contributed by atoms with van der Waals surface area (Å²) in [5.41, 5.74) is 6.19. The topological polar surface area (TPSA) is 67.6 Å². The molecule has 0 spiro atoms. The van der Waals surface area contributed by atoms with E-state index in [2.05, 4.69) is 5.32 Å². The van der Waals surface area contributed by atoms with E-state index in [1.165, 1.54) is 0 Å². The number of hydrogen-bond donors (Lipinski definition) is 2. The Morgan fingerprint density at radius 2 is 2.25 bits per heavy atom. The largest absolute Gasteiger partial charge is 0.497 e. The van der Waals surface area contributed by atoms with Crippen molar-refractivity contribution in [1.82, 2.24) is 4.90 Å². The van der Waals surface area contributed by atoms with E-state index in [0.29, 0.717) is 30.2 Å². The predicted octanol–water partition coefficient (Wildman–Crippen LogP) is 1.63. The average Bonchev–Trinajstić information content (AvgIpc) is 2.43. The second-order valence-electron chi connectivity index (χ2n) is 4.37. The summed E-state index contributed by atoms with van der Waals surface area (Å²) in [6.45, 7) is 3.78. The van der Waals surface area contributed by atoms with E-state index in [0.717, 1.165) is 12.2 Å². The Morgan fingerprint density at radius 3 is 2.85 bits per heavy atom. The number of likely N-dealkylation sites (N-methyl/N-ethyl adjacent to an activating group) is 1. The molecular weight excluding hydrogens is 274 g/mol. The van der Waals surface area contributed by atoms with Gasteiger partial charge in [0.25, 0.3) is 0 Å². The minimum Gasteiger partial charge on any atom is -0.497 e. The van der Waals surface area contributed by atoms with Crippen molar-refractivity contribution in [2.24, 2.45) is 5.73 Å². The van der Waals surface area contributed by atoms with Gasteiger partial charge < -0.3 is 15.8 Å². The van der Waals surface area contributed by atoms with Crippen molar-refractivity contribution in [2.45, 2.75) is 13.3 Å². The molecule has 3 N–H and O–H groups in total. The van der Waals surface area contributed by atoms with Gasteiger partial charge in [0.2, 0.25) is 5.91 Å². The number of benzene rings is 1. The molecule has 1 rings (SSSR count). The Balaban J connectivity index is 2.50. The Morgan fingerprint density at radius 1 is 1.50 bits per heavy atom. The molecule has 6 heteroatoms. The number of hydrogen-bond acceptors (Lipinski definition) is 4.